The molecule has 0 heterocycles. The fraction of sp³-hybridized carbons (Fsp3) is 0.250. The fourth-order valence-electron chi connectivity index (χ4n) is 2.57. The minimum atomic E-state index is -0.591. The zero-order chi connectivity index (χ0) is 18.9. The maximum Gasteiger partial charge on any atom is 0.242 e. The van der Waals surface area contributed by atoms with Crippen molar-refractivity contribution in [3.63, 3.8) is 0 Å². The molecule has 2 N–H and O–H groups in total. The van der Waals surface area contributed by atoms with E-state index in [0.29, 0.717) is 6.54 Å². The van der Waals surface area contributed by atoms with Gasteiger partial charge < -0.3 is 15.5 Å². The summed E-state index contributed by atoms with van der Waals surface area (Å²) in [5.74, 6) is -1.12. The fourth-order valence-corrected chi connectivity index (χ4v) is 2.57. The molecule has 0 aliphatic heterocycles. The molecule has 26 heavy (non-hydrogen) atoms. The van der Waals surface area contributed by atoms with Crippen LogP contribution in [0.3, 0.4) is 0 Å². The zero-order valence-electron chi connectivity index (χ0n) is 14.8. The summed E-state index contributed by atoms with van der Waals surface area (Å²) in [6.07, 6.45) is 0. The van der Waals surface area contributed by atoms with Gasteiger partial charge in [-0.15, -0.1) is 0 Å². The molecule has 0 aliphatic carbocycles. The first-order valence-electron chi connectivity index (χ1n) is 8.35. The van der Waals surface area contributed by atoms with Gasteiger partial charge >= 0.3 is 0 Å². The average molecular weight is 353 g/mol. The highest BCUT2D eigenvalue weighted by molar-refractivity contribution is 5.87. The molecule has 2 aromatic rings. The van der Waals surface area contributed by atoms with Gasteiger partial charge in [-0.2, -0.15) is 0 Å². The highest BCUT2D eigenvalue weighted by atomic mass is 16.2. The first-order chi connectivity index (χ1) is 12.5. The van der Waals surface area contributed by atoms with Crippen LogP contribution in [0.2, 0.25) is 0 Å². The van der Waals surface area contributed by atoms with Gasteiger partial charge in [0.2, 0.25) is 17.7 Å². The number of hydrogen-bond acceptors (Lipinski definition) is 3. The molecule has 3 amide bonds. The maximum absolute atomic E-state index is 12.7. The topological polar surface area (TPSA) is 83.7 Å². The number of benzene rings is 2. The summed E-state index contributed by atoms with van der Waals surface area (Å²) < 4.78 is 0. The van der Waals surface area contributed by atoms with Crippen molar-refractivity contribution in [3.8, 4) is 0 Å². The van der Waals surface area contributed by atoms with E-state index < -0.39 is 5.91 Å². The molecule has 6 nitrogen and oxygen atoms in total. The van der Waals surface area contributed by atoms with Crippen molar-refractivity contribution in [2.75, 3.05) is 13.1 Å². The van der Waals surface area contributed by atoms with Crippen molar-refractivity contribution in [1.82, 2.24) is 9.80 Å². The predicted molar refractivity (Wildman–Crippen MR) is 98.6 cm³/mol. The van der Waals surface area contributed by atoms with Crippen LogP contribution < -0.4 is 5.73 Å². The number of carbonyl (C=O) groups excluding carboxylic acids is 3. The van der Waals surface area contributed by atoms with Crippen LogP contribution in [0.1, 0.15) is 18.1 Å². The molecule has 0 fully saturated rings. The zero-order valence-corrected chi connectivity index (χ0v) is 14.8. The van der Waals surface area contributed by atoms with Crippen LogP contribution in [-0.2, 0) is 27.5 Å². The van der Waals surface area contributed by atoms with Crippen LogP contribution in [0.15, 0.2) is 60.7 Å². The van der Waals surface area contributed by atoms with Crippen LogP contribution in [-0.4, -0.2) is 40.6 Å². The molecule has 0 atom stereocenters. The molecule has 2 aromatic carbocycles. The molecule has 136 valence electrons. The van der Waals surface area contributed by atoms with Gasteiger partial charge in [0.15, 0.2) is 0 Å². The molecule has 6 heteroatoms. The standard InChI is InChI=1S/C20H23N3O3/c1-16(24)22(12-17-8-4-2-5-9-17)15-20(26)23(14-19(21)25)13-18-10-6-3-7-11-18/h2-11H,12-15H2,1H3,(H2,21,25). The minimum Gasteiger partial charge on any atom is -0.368 e. The van der Waals surface area contributed by atoms with Crippen LogP contribution in [0, 0.1) is 0 Å². The lowest BCUT2D eigenvalue weighted by Gasteiger charge is -2.26. The van der Waals surface area contributed by atoms with Crippen molar-refractivity contribution < 1.29 is 14.4 Å². The van der Waals surface area contributed by atoms with Gasteiger partial charge in [-0.3, -0.25) is 14.4 Å². The van der Waals surface area contributed by atoms with Gasteiger partial charge in [0.25, 0.3) is 0 Å². The Morgan fingerprint density at radius 1 is 0.769 bits per heavy atom. The van der Waals surface area contributed by atoms with Gasteiger partial charge in [0, 0.05) is 20.0 Å². The highest BCUT2D eigenvalue weighted by Gasteiger charge is 2.21. The van der Waals surface area contributed by atoms with E-state index in [1.54, 1.807) is 0 Å². The number of hydrogen-bond donors (Lipinski definition) is 1. The van der Waals surface area contributed by atoms with E-state index in [1.807, 2.05) is 60.7 Å². The Morgan fingerprint density at radius 3 is 1.65 bits per heavy atom. The molecule has 0 spiro atoms. The van der Waals surface area contributed by atoms with E-state index in [4.69, 9.17) is 5.73 Å². The van der Waals surface area contributed by atoms with Crippen molar-refractivity contribution in [2.45, 2.75) is 20.0 Å². The third-order valence-electron chi connectivity index (χ3n) is 3.90. The number of primary amides is 1. The Kier molecular flexibility index (Phi) is 6.91. The van der Waals surface area contributed by atoms with Crippen LogP contribution in [0.5, 0.6) is 0 Å². The highest BCUT2D eigenvalue weighted by Crippen LogP contribution is 2.08. The number of amides is 3. The van der Waals surface area contributed by atoms with Gasteiger partial charge in [0.1, 0.15) is 6.54 Å². The summed E-state index contributed by atoms with van der Waals surface area (Å²) in [6, 6.07) is 18.8. The van der Waals surface area contributed by atoms with E-state index in [9.17, 15) is 14.4 Å². The number of nitrogens with zero attached hydrogens (tertiary/aromatic N) is 2. The van der Waals surface area contributed by atoms with Crippen molar-refractivity contribution >= 4 is 17.7 Å². The molecule has 0 saturated heterocycles. The molecular formula is C20H23N3O3. The Labute approximate surface area is 153 Å². The van der Waals surface area contributed by atoms with Gasteiger partial charge in [-0.25, -0.2) is 0 Å². The normalized spacial score (nSPS) is 10.2. The van der Waals surface area contributed by atoms with E-state index >= 15 is 0 Å². The van der Waals surface area contributed by atoms with Crippen molar-refractivity contribution in [3.05, 3.63) is 71.8 Å². The Morgan fingerprint density at radius 2 is 1.23 bits per heavy atom. The van der Waals surface area contributed by atoms with E-state index in [1.165, 1.54) is 16.7 Å². The second kappa shape index (κ2) is 9.36. The maximum atomic E-state index is 12.7. The molecular weight excluding hydrogens is 330 g/mol. The second-order valence-corrected chi connectivity index (χ2v) is 6.06. The summed E-state index contributed by atoms with van der Waals surface area (Å²) in [4.78, 5) is 38.9. The minimum absolute atomic E-state index is 0.107. The predicted octanol–water partition coefficient (Wildman–Crippen LogP) is 1.55. The van der Waals surface area contributed by atoms with E-state index in [2.05, 4.69) is 0 Å². The van der Waals surface area contributed by atoms with E-state index in [-0.39, 0.29) is 31.4 Å². The lowest BCUT2D eigenvalue weighted by Crippen LogP contribution is -2.44. The van der Waals surface area contributed by atoms with Gasteiger partial charge in [-0.05, 0) is 11.1 Å². The summed E-state index contributed by atoms with van der Waals surface area (Å²) >= 11 is 0. The Bertz CT molecular complexity index is 747. The Balaban J connectivity index is 2.09. The van der Waals surface area contributed by atoms with Crippen LogP contribution in [0.4, 0.5) is 0 Å². The third-order valence-corrected chi connectivity index (χ3v) is 3.90. The quantitative estimate of drug-likeness (QED) is 0.781. The molecule has 0 aromatic heterocycles. The molecule has 0 saturated carbocycles. The lowest BCUT2D eigenvalue weighted by atomic mass is 10.2. The van der Waals surface area contributed by atoms with Crippen LogP contribution in [0.25, 0.3) is 0 Å². The molecule has 0 bridgehead atoms. The summed E-state index contributed by atoms with van der Waals surface area (Å²) in [7, 11) is 0. The molecule has 0 aliphatic rings. The summed E-state index contributed by atoms with van der Waals surface area (Å²) in [5.41, 5.74) is 7.10. The van der Waals surface area contributed by atoms with E-state index in [0.717, 1.165) is 11.1 Å². The average Bonchev–Trinajstić information content (AvgIpc) is 2.62. The first kappa shape index (κ1) is 19.2. The van der Waals surface area contributed by atoms with Crippen molar-refractivity contribution in [1.29, 1.82) is 0 Å². The first-order valence-corrected chi connectivity index (χ1v) is 8.35. The Hall–Kier alpha value is -3.15. The van der Waals surface area contributed by atoms with Crippen molar-refractivity contribution in [2.24, 2.45) is 5.73 Å². The van der Waals surface area contributed by atoms with Crippen LogP contribution >= 0.6 is 0 Å². The largest absolute Gasteiger partial charge is 0.368 e. The number of carbonyl (C=O) groups is 3. The second-order valence-electron chi connectivity index (χ2n) is 6.06. The lowest BCUT2D eigenvalue weighted by molar-refractivity contribution is -0.141. The molecule has 0 unspecified atom stereocenters. The van der Waals surface area contributed by atoms with Gasteiger partial charge in [0.05, 0.1) is 6.54 Å². The van der Waals surface area contributed by atoms with Gasteiger partial charge in [-0.1, -0.05) is 60.7 Å². The third kappa shape index (κ3) is 6.05. The smallest absolute Gasteiger partial charge is 0.242 e. The molecule has 0 radical (unpaired) electrons. The monoisotopic (exact) mass is 353 g/mol. The molecule has 2 rings (SSSR count). The summed E-state index contributed by atoms with van der Waals surface area (Å²) in [6.45, 7) is 1.72. The summed E-state index contributed by atoms with van der Waals surface area (Å²) in [5, 5.41) is 0. The number of rotatable bonds is 8. The SMILES string of the molecule is CC(=O)N(CC(=O)N(CC(N)=O)Cc1ccccc1)Cc1ccccc1. The number of nitrogens with two attached hydrogens (primary N) is 1.